The molecule has 82 valence electrons. The Labute approximate surface area is 90.1 Å². The molecular weight excluding hydrogens is 190 g/mol. The summed E-state index contributed by atoms with van der Waals surface area (Å²) in [7, 11) is 0. The van der Waals surface area contributed by atoms with Crippen LogP contribution in [-0.4, -0.2) is 16.7 Å². The lowest BCUT2D eigenvalue weighted by atomic mass is 10.2. The molecule has 0 aromatic carbocycles. The molecule has 1 heterocycles. The largest absolute Gasteiger partial charge is 0.477 e. The van der Waals surface area contributed by atoms with Gasteiger partial charge in [0.1, 0.15) is 0 Å². The molecule has 0 amide bonds. The molecule has 1 aliphatic rings. The Morgan fingerprint density at radius 2 is 2.27 bits per heavy atom. The standard InChI is InChI=1S/C12H17NO2/c1-2-11-5-10(7-14)6-12(13-11)15-8-9-3-4-9/h5-6,9,14H,2-4,7-8H2,1H3. The summed E-state index contributed by atoms with van der Waals surface area (Å²) in [5.74, 6) is 1.39. The third kappa shape index (κ3) is 2.93. The summed E-state index contributed by atoms with van der Waals surface area (Å²) in [5.41, 5.74) is 1.86. The van der Waals surface area contributed by atoms with Gasteiger partial charge in [0, 0.05) is 11.8 Å². The second-order valence-corrected chi connectivity index (χ2v) is 4.07. The van der Waals surface area contributed by atoms with Crippen LogP contribution in [0.5, 0.6) is 5.88 Å². The van der Waals surface area contributed by atoms with Crippen molar-refractivity contribution in [2.75, 3.05) is 6.61 Å². The topological polar surface area (TPSA) is 42.4 Å². The fourth-order valence-corrected chi connectivity index (χ4v) is 1.45. The minimum Gasteiger partial charge on any atom is -0.477 e. The summed E-state index contributed by atoms with van der Waals surface area (Å²) >= 11 is 0. The van der Waals surface area contributed by atoms with Crippen LogP contribution >= 0.6 is 0 Å². The lowest BCUT2D eigenvalue weighted by Gasteiger charge is -2.07. The molecule has 0 atom stereocenters. The quantitative estimate of drug-likeness (QED) is 0.802. The van der Waals surface area contributed by atoms with Crippen LogP contribution < -0.4 is 4.74 Å². The Morgan fingerprint density at radius 3 is 2.87 bits per heavy atom. The Kier molecular flexibility index (Phi) is 3.21. The third-order valence-electron chi connectivity index (χ3n) is 2.62. The van der Waals surface area contributed by atoms with Crippen molar-refractivity contribution in [2.45, 2.75) is 32.8 Å². The van der Waals surface area contributed by atoms with E-state index in [9.17, 15) is 0 Å². The highest BCUT2D eigenvalue weighted by Gasteiger charge is 2.22. The molecule has 0 spiro atoms. The number of aryl methyl sites for hydroxylation is 1. The van der Waals surface area contributed by atoms with Crippen molar-refractivity contribution in [2.24, 2.45) is 5.92 Å². The highest BCUT2D eigenvalue weighted by molar-refractivity contribution is 5.24. The molecule has 1 N–H and O–H groups in total. The van der Waals surface area contributed by atoms with E-state index in [1.54, 1.807) is 0 Å². The van der Waals surface area contributed by atoms with Gasteiger partial charge in [0.2, 0.25) is 5.88 Å². The third-order valence-corrected chi connectivity index (χ3v) is 2.62. The first-order chi connectivity index (χ1) is 7.31. The van der Waals surface area contributed by atoms with E-state index in [0.717, 1.165) is 30.2 Å². The zero-order chi connectivity index (χ0) is 10.7. The number of nitrogens with zero attached hydrogens (tertiary/aromatic N) is 1. The summed E-state index contributed by atoms with van der Waals surface area (Å²) in [5, 5.41) is 9.09. The SMILES string of the molecule is CCc1cc(CO)cc(OCC2CC2)n1. The van der Waals surface area contributed by atoms with E-state index < -0.39 is 0 Å². The van der Waals surface area contributed by atoms with Gasteiger partial charge < -0.3 is 9.84 Å². The van der Waals surface area contributed by atoms with Gasteiger partial charge in [0.25, 0.3) is 0 Å². The molecule has 0 saturated heterocycles. The van der Waals surface area contributed by atoms with Crippen LogP contribution in [0.4, 0.5) is 0 Å². The molecule has 1 saturated carbocycles. The molecule has 2 rings (SSSR count). The molecule has 0 aliphatic heterocycles. The van der Waals surface area contributed by atoms with Crippen molar-refractivity contribution in [3.05, 3.63) is 23.4 Å². The van der Waals surface area contributed by atoms with Gasteiger partial charge in [-0.2, -0.15) is 0 Å². The van der Waals surface area contributed by atoms with Gasteiger partial charge >= 0.3 is 0 Å². The number of rotatable bonds is 5. The first kappa shape index (κ1) is 10.4. The van der Waals surface area contributed by atoms with Gasteiger partial charge in [-0.3, -0.25) is 0 Å². The smallest absolute Gasteiger partial charge is 0.213 e. The second kappa shape index (κ2) is 4.62. The van der Waals surface area contributed by atoms with Crippen LogP contribution in [0.2, 0.25) is 0 Å². The molecule has 0 radical (unpaired) electrons. The molecule has 1 aliphatic carbocycles. The highest BCUT2D eigenvalue weighted by Crippen LogP contribution is 2.29. The van der Waals surface area contributed by atoms with Gasteiger partial charge in [-0.1, -0.05) is 6.92 Å². The van der Waals surface area contributed by atoms with E-state index in [0.29, 0.717) is 5.88 Å². The first-order valence-electron chi connectivity index (χ1n) is 5.55. The van der Waals surface area contributed by atoms with Crippen molar-refractivity contribution < 1.29 is 9.84 Å². The van der Waals surface area contributed by atoms with Crippen molar-refractivity contribution in [3.8, 4) is 5.88 Å². The van der Waals surface area contributed by atoms with Gasteiger partial charge in [0.15, 0.2) is 0 Å². The number of hydrogen-bond donors (Lipinski definition) is 1. The summed E-state index contributed by atoms with van der Waals surface area (Å²) in [6.45, 7) is 2.87. The second-order valence-electron chi connectivity index (χ2n) is 4.07. The molecule has 1 aromatic rings. The predicted octanol–water partition coefficient (Wildman–Crippen LogP) is 1.93. The van der Waals surface area contributed by atoms with Crippen LogP contribution in [-0.2, 0) is 13.0 Å². The Balaban J connectivity index is 2.06. The molecule has 3 nitrogen and oxygen atoms in total. The maximum atomic E-state index is 9.09. The normalized spacial score (nSPS) is 15.3. The number of pyridine rings is 1. The first-order valence-corrected chi connectivity index (χ1v) is 5.55. The van der Waals surface area contributed by atoms with Crippen LogP contribution in [0.1, 0.15) is 31.0 Å². The number of ether oxygens (including phenoxy) is 1. The lowest BCUT2D eigenvalue weighted by molar-refractivity contribution is 0.273. The minimum atomic E-state index is 0.0509. The summed E-state index contributed by atoms with van der Waals surface area (Å²) in [6, 6.07) is 3.74. The van der Waals surface area contributed by atoms with Crippen LogP contribution in [0.15, 0.2) is 12.1 Å². The molecule has 15 heavy (non-hydrogen) atoms. The van der Waals surface area contributed by atoms with Gasteiger partial charge in [-0.15, -0.1) is 0 Å². The number of aliphatic hydroxyl groups is 1. The van der Waals surface area contributed by atoms with E-state index >= 15 is 0 Å². The van der Waals surface area contributed by atoms with Gasteiger partial charge in [0.05, 0.1) is 13.2 Å². The van der Waals surface area contributed by atoms with Crippen molar-refractivity contribution >= 4 is 0 Å². The summed E-state index contributed by atoms with van der Waals surface area (Å²) < 4.78 is 5.59. The molecule has 1 fully saturated rings. The maximum Gasteiger partial charge on any atom is 0.213 e. The average Bonchev–Trinajstić information content (AvgIpc) is 3.09. The fraction of sp³-hybridized carbons (Fsp3) is 0.583. The zero-order valence-corrected chi connectivity index (χ0v) is 9.07. The van der Waals surface area contributed by atoms with Crippen LogP contribution in [0.25, 0.3) is 0 Å². The Morgan fingerprint density at radius 1 is 1.47 bits per heavy atom. The monoisotopic (exact) mass is 207 g/mol. The van der Waals surface area contributed by atoms with Crippen molar-refractivity contribution in [1.29, 1.82) is 0 Å². The van der Waals surface area contributed by atoms with Gasteiger partial charge in [-0.05, 0) is 36.8 Å². The van der Waals surface area contributed by atoms with E-state index in [-0.39, 0.29) is 6.61 Å². The molecule has 1 aromatic heterocycles. The van der Waals surface area contributed by atoms with E-state index in [2.05, 4.69) is 4.98 Å². The summed E-state index contributed by atoms with van der Waals surface area (Å²) in [4.78, 5) is 4.37. The molecule has 0 unspecified atom stereocenters. The number of hydrogen-bond acceptors (Lipinski definition) is 3. The zero-order valence-electron chi connectivity index (χ0n) is 9.07. The summed E-state index contributed by atoms with van der Waals surface area (Å²) in [6.07, 6.45) is 3.42. The number of aromatic nitrogens is 1. The van der Waals surface area contributed by atoms with Crippen LogP contribution in [0.3, 0.4) is 0 Å². The fourth-order valence-electron chi connectivity index (χ4n) is 1.45. The van der Waals surface area contributed by atoms with Gasteiger partial charge in [-0.25, -0.2) is 4.98 Å². The van der Waals surface area contributed by atoms with Crippen LogP contribution in [0, 0.1) is 5.92 Å². The molecule has 0 bridgehead atoms. The van der Waals surface area contributed by atoms with E-state index in [1.165, 1.54) is 12.8 Å². The Hall–Kier alpha value is -1.09. The Bertz CT molecular complexity index is 312. The minimum absolute atomic E-state index is 0.0509. The molecular formula is C12H17NO2. The number of aliphatic hydroxyl groups excluding tert-OH is 1. The lowest BCUT2D eigenvalue weighted by Crippen LogP contribution is -2.03. The maximum absolute atomic E-state index is 9.09. The van der Waals surface area contributed by atoms with Crippen molar-refractivity contribution in [1.82, 2.24) is 4.98 Å². The predicted molar refractivity (Wildman–Crippen MR) is 57.8 cm³/mol. The van der Waals surface area contributed by atoms with Crippen molar-refractivity contribution in [3.63, 3.8) is 0 Å². The van der Waals surface area contributed by atoms with E-state index in [1.807, 2.05) is 19.1 Å². The molecule has 3 heteroatoms. The average molecular weight is 207 g/mol. The van der Waals surface area contributed by atoms with E-state index in [4.69, 9.17) is 9.84 Å². The highest BCUT2D eigenvalue weighted by atomic mass is 16.5.